The number of halogens is 1. The number of hydrogen-bond acceptors (Lipinski definition) is 5. The highest BCUT2D eigenvalue weighted by Crippen LogP contribution is 2.20. The van der Waals surface area contributed by atoms with Gasteiger partial charge in [-0.15, -0.1) is 0 Å². The summed E-state index contributed by atoms with van der Waals surface area (Å²) in [6.07, 6.45) is 2.16. The van der Waals surface area contributed by atoms with Crippen LogP contribution < -0.4 is 5.43 Å². The summed E-state index contributed by atoms with van der Waals surface area (Å²) < 4.78 is 19.7. The van der Waals surface area contributed by atoms with Crippen LogP contribution in [0.15, 0.2) is 64.0 Å². The van der Waals surface area contributed by atoms with Crippen molar-refractivity contribution in [1.82, 2.24) is 9.80 Å². The molecule has 1 saturated heterocycles. The first kappa shape index (κ1) is 19.8. The molecule has 2 heterocycles. The minimum atomic E-state index is -0.202. The molecule has 1 aromatic heterocycles. The van der Waals surface area contributed by atoms with E-state index in [1.165, 1.54) is 6.07 Å². The highest BCUT2D eigenvalue weighted by atomic mass is 19.1. The fraction of sp³-hybridized carbons (Fsp3) is 0.348. The Morgan fingerprint density at radius 2 is 1.83 bits per heavy atom. The van der Waals surface area contributed by atoms with Gasteiger partial charge in [0.25, 0.3) is 0 Å². The van der Waals surface area contributed by atoms with Gasteiger partial charge in [0.05, 0.1) is 11.6 Å². The van der Waals surface area contributed by atoms with Crippen molar-refractivity contribution in [2.45, 2.75) is 25.6 Å². The Bertz CT molecular complexity index is 1040. The van der Waals surface area contributed by atoms with Crippen molar-refractivity contribution in [2.24, 2.45) is 0 Å². The number of hydrogen-bond donors (Lipinski definition) is 1. The summed E-state index contributed by atoms with van der Waals surface area (Å²) in [4.78, 5) is 17.2. The lowest BCUT2D eigenvalue weighted by molar-refractivity contribution is 0.0489. The molecule has 0 radical (unpaired) electrons. The minimum absolute atomic E-state index is 0.000607. The molecule has 0 bridgehead atoms. The van der Waals surface area contributed by atoms with Gasteiger partial charge in [-0.05, 0) is 24.6 Å². The summed E-state index contributed by atoms with van der Waals surface area (Å²) in [7, 11) is 0. The normalized spacial score (nSPS) is 18.3. The maximum atomic E-state index is 14.1. The quantitative estimate of drug-likeness (QED) is 0.694. The first-order valence-electron chi connectivity index (χ1n) is 9.96. The molecule has 1 fully saturated rings. The second-order valence-corrected chi connectivity index (χ2v) is 7.55. The molecule has 1 aliphatic rings. The number of benzene rings is 2. The Morgan fingerprint density at radius 3 is 2.66 bits per heavy atom. The fourth-order valence-electron chi connectivity index (χ4n) is 4.05. The van der Waals surface area contributed by atoms with E-state index in [0.29, 0.717) is 48.2 Å². The first-order valence-corrected chi connectivity index (χ1v) is 9.96. The third kappa shape index (κ3) is 4.40. The molecule has 0 amide bonds. The molecule has 0 spiro atoms. The molecule has 1 atom stereocenters. The van der Waals surface area contributed by atoms with Crippen LogP contribution in [0.5, 0.6) is 0 Å². The fourth-order valence-corrected chi connectivity index (χ4v) is 4.05. The first-order chi connectivity index (χ1) is 14.2. The van der Waals surface area contributed by atoms with E-state index < -0.39 is 0 Å². The van der Waals surface area contributed by atoms with Crippen molar-refractivity contribution >= 4 is 11.0 Å². The average molecular weight is 396 g/mol. The summed E-state index contributed by atoms with van der Waals surface area (Å²) in [5, 5.41) is 10.1. The summed E-state index contributed by atoms with van der Waals surface area (Å²) in [5.41, 5.74) is 1.89. The van der Waals surface area contributed by atoms with E-state index in [-0.39, 0.29) is 23.9 Å². The molecule has 0 saturated carbocycles. The van der Waals surface area contributed by atoms with Crippen LogP contribution in [0.4, 0.5) is 4.39 Å². The third-order valence-corrected chi connectivity index (χ3v) is 5.63. The Hall–Kier alpha value is -2.54. The van der Waals surface area contributed by atoms with Crippen LogP contribution in [0.2, 0.25) is 0 Å². The van der Waals surface area contributed by atoms with E-state index in [9.17, 15) is 14.3 Å². The van der Waals surface area contributed by atoms with Crippen LogP contribution in [0.3, 0.4) is 0 Å². The topological polar surface area (TPSA) is 56.9 Å². The van der Waals surface area contributed by atoms with Gasteiger partial charge < -0.3 is 9.52 Å². The number of aliphatic hydroxyl groups excluding tert-OH is 1. The van der Waals surface area contributed by atoms with Crippen LogP contribution >= 0.6 is 0 Å². The van der Waals surface area contributed by atoms with Gasteiger partial charge in [0.2, 0.25) is 0 Å². The number of rotatable bonds is 6. The molecule has 5 nitrogen and oxygen atoms in total. The van der Waals surface area contributed by atoms with E-state index in [1.807, 2.05) is 18.2 Å². The van der Waals surface area contributed by atoms with Crippen LogP contribution in [-0.2, 0) is 13.1 Å². The number of fused-ring (bicyclic) bond motifs is 1. The van der Waals surface area contributed by atoms with Gasteiger partial charge in [0.15, 0.2) is 5.43 Å². The molecule has 4 rings (SSSR count). The zero-order chi connectivity index (χ0) is 20.2. The molecule has 1 aliphatic heterocycles. The number of nitrogens with zero attached hydrogens (tertiary/aromatic N) is 2. The second-order valence-electron chi connectivity index (χ2n) is 7.55. The zero-order valence-electron chi connectivity index (χ0n) is 16.3. The maximum absolute atomic E-state index is 14.1. The van der Waals surface area contributed by atoms with E-state index in [1.54, 1.807) is 30.5 Å². The van der Waals surface area contributed by atoms with E-state index in [2.05, 4.69) is 9.80 Å². The van der Waals surface area contributed by atoms with E-state index in [0.717, 1.165) is 13.1 Å². The van der Waals surface area contributed by atoms with Crippen molar-refractivity contribution in [3.8, 4) is 0 Å². The summed E-state index contributed by atoms with van der Waals surface area (Å²) in [6.45, 7) is 3.32. The zero-order valence-corrected chi connectivity index (χ0v) is 16.3. The molecule has 0 unspecified atom stereocenters. The average Bonchev–Trinajstić information content (AvgIpc) is 2.74. The van der Waals surface area contributed by atoms with E-state index in [4.69, 9.17) is 4.42 Å². The third-order valence-electron chi connectivity index (χ3n) is 5.63. The molecular weight excluding hydrogens is 371 g/mol. The van der Waals surface area contributed by atoms with Gasteiger partial charge in [-0.3, -0.25) is 14.6 Å². The van der Waals surface area contributed by atoms with Crippen molar-refractivity contribution in [3.05, 3.63) is 82.0 Å². The maximum Gasteiger partial charge on any atom is 0.197 e. The highest BCUT2D eigenvalue weighted by Gasteiger charge is 2.27. The molecule has 0 aliphatic carbocycles. The lowest BCUT2D eigenvalue weighted by atomic mass is 10.1. The molecule has 3 aromatic rings. The molecule has 152 valence electrons. The van der Waals surface area contributed by atoms with Gasteiger partial charge in [0, 0.05) is 56.5 Å². The molecule has 29 heavy (non-hydrogen) atoms. The summed E-state index contributed by atoms with van der Waals surface area (Å²) in [6, 6.07) is 14.2. The van der Waals surface area contributed by atoms with Crippen molar-refractivity contribution in [2.75, 3.05) is 26.2 Å². The minimum Gasteiger partial charge on any atom is -0.464 e. The van der Waals surface area contributed by atoms with Gasteiger partial charge in [-0.25, -0.2) is 4.39 Å². The smallest absolute Gasteiger partial charge is 0.197 e. The van der Waals surface area contributed by atoms with Gasteiger partial charge in [0.1, 0.15) is 11.4 Å². The van der Waals surface area contributed by atoms with Crippen LogP contribution in [0.25, 0.3) is 11.0 Å². The predicted octanol–water partition coefficient (Wildman–Crippen LogP) is 3.00. The lowest BCUT2D eigenvalue weighted by Gasteiger charge is -2.41. The monoisotopic (exact) mass is 396 g/mol. The Morgan fingerprint density at radius 1 is 1.03 bits per heavy atom. The number of para-hydroxylation sites is 1. The Kier molecular flexibility index (Phi) is 6.04. The highest BCUT2D eigenvalue weighted by molar-refractivity contribution is 5.76. The summed E-state index contributed by atoms with van der Waals surface area (Å²) >= 11 is 0. The largest absolute Gasteiger partial charge is 0.464 e. The SMILES string of the molecule is O=c1c(CN2CCN(Cc3ccccc3F)[C@H](CCO)C2)coc2ccccc12. The summed E-state index contributed by atoms with van der Waals surface area (Å²) in [5.74, 6) is -0.202. The van der Waals surface area contributed by atoms with Crippen molar-refractivity contribution in [3.63, 3.8) is 0 Å². The molecule has 6 heteroatoms. The molecule has 2 aromatic carbocycles. The van der Waals surface area contributed by atoms with Crippen LogP contribution in [0.1, 0.15) is 17.5 Å². The Labute approximate surface area is 169 Å². The van der Waals surface area contributed by atoms with Crippen LogP contribution in [0, 0.1) is 5.82 Å². The van der Waals surface area contributed by atoms with Crippen LogP contribution in [-0.4, -0.2) is 47.2 Å². The predicted molar refractivity (Wildman–Crippen MR) is 110 cm³/mol. The number of piperazine rings is 1. The Balaban J connectivity index is 1.48. The van der Waals surface area contributed by atoms with Crippen molar-refractivity contribution < 1.29 is 13.9 Å². The standard InChI is InChI=1S/C23H25FN2O3/c24-21-7-3-1-5-17(21)14-26-11-10-25(15-19(26)9-12-27)13-18-16-29-22-8-4-2-6-20(22)23(18)28/h1-8,16,19,27H,9-15H2/t19-/m1/s1. The molecule has 1 N–H and O–H groups in total. The van der Waals surface area contributed by atoms with Gasteiger partial charge >= 0.3 is 0 Å². The van der Waals surface area contributed by atoms with Crippen molar-refractivity contribution in [1.29, 1.82) is 0 Å². The lowest BCUT2D eigenvalue weighted by Crippen LogP contribution is -2.52. The number of aliphatic hydroxyl groups is 1. The van der Waals surface area contributed by atoms with E-state index >= 15 is 0 Å². The van der Waals surface area contributed by atoms with Gasteiger partial charge in [-0.2, -0.15) is 0 Å². The second kappa shape index (κ2) is 8.86. The van der Waals surface area contributed by atoms with Gasteiger partial charge in [-0.1, -0.05) is 30.3 Å². The molecular formula is C23H25FN2O3.